The molecule has 1 aliphatic rings. The molecule has 29 heavy (non-hydrogen) atoms. The number of aromatic nitrogens is 1. The number of hydrogen-bond donors (Lipinski definition) is 0. The Labute approximate surface area is 178 Å². The van der Waals surface area contributed by atoms with Gasteiger partial charge in [0.15, 0.2) is 0 Å². The summed E-state index contributed by atoms with van der Waals surface area (Å²) in [6.07, 6.45) is 11.5. The molecular weight excluding hydrogens is 508 g/mol. The second-order valence-corrected chi connectivity index (χ2v) is 6.80. The number of fused-ring (bicyclic) bond motifs is 1. The Morgan fingerprint density at radius 1 is 0.862 bits per heavy atom. The maximum atomic E-state index is 10.5. The quantitative estimate of drug-likeness (QED) is 0.267. The summed E-state index contributed by atoms with van der Waals surface area (Å²) < 4.78 is 59.2. The van der Waals surface area contributed by atoms with Crippen molar-refractivity contribution in [1.82, 2.24) is 4.98 Å². The Balaban J connectivity index is 0. The first-order valence-corrected chi connectivity index (χ1v) is 9.37. The second kappa shape index (κ2) is 11.8. The zero-order valence-electron chi connectivity index (χ0n) is 14.7. The third kappa shape index (κ3) is 21.3. The summed E-state index contributed by atoms with van der Waals surface area (Å²) in [6, 6.07) is 10.5. The van der Waals surface area contributed by atoms with Gasteiger partial charge in [0, 0.05) is 5.39 Å². The van der Waals surface area contributed by atoms with Crippen molar-refractivity contribution in [3.63, 3.8) is 0 Å². The Morgan fingerprint density at radius 2 is 1.24 bits per heavy atom. The largest absolute Gasteiger partial charge is 4.00 e. The molecule has 158 valence electrons. The van der Waals surface area contributed by atoms with Gasteiger partial charge < -0.3 is 9.90 Å². The molecule has 1 aromatic carbocycles. The average Bonchev–Trinajstić information content (AvgIpc) is 3.12. The van der Waals surface area contributed by atoms with E-state index in [0.717, 1.165) is 5.39 Å². The fourth-order valence-electron chi connectivity index (χ4n) is 1.50. The first-order valence-electron chi connectivity index (χ1n) is 7.34. The molecule has 0 N–H and O–H groups in total. The Morgan fingerprint density at radius 3 is 1.62 bits per heavy atom. The van der Waals surface area contributed by atoms with E-state index < -0.39 is 13.8 Å². The van der Waals surface area contributed by atoms with E-state index in [9.17, 15) is 35.1 Å². The van der Waals surface area contributed by atoms with Crippen LogP contribution in [0.15, 0.2) is 36.4 Å². The van der Waals surface area contributed by atoms with Gasteiger partial charge in [-0.3, -0.25) is 0 Å². The first kappa shape index (κ1) is 29.9. The third-order valence-electron chi connectivity index (χ3n) is 2.36. The molecule has 1 fully saturated rings. The minimum Gasteiger partial charge on any atom is -0.543 e. The van der Waals surface area contributed by atoms with Crippen molar-refractivity contribution >= 4 is 24.7 Å². The smallest absolute Gasteiger partial charge is 0.543 e. The number of carbonyl (C=O) groups excluding carboxylic acids is 1. The van der Waals surface area contributed by atoms with Crippen LogP contribution >= 0.6 is 7.81 Å². The molecule has 2 aromatic rings. The van der Waals surface area contributed by atoms with Crippen LogP contribution in [-0.4, -0.2) is 11.0 Å². The molecule has 8 radical (unpaired) electrons. The van der Waals surface area contributed by atoms with Gasteiger partial charge in [-0.25, -0.2) is 4.98 Å². The fourth-order valence-corrected chi connectivity index (χ4v) is 1.50. The summed E-state index contributed by atoms with van der Waals surface area (Å²) in [5, 5.41) is 11.4. The molecule has 1 saturated carbocycles. The molecule has 1 aliphatic carbocycles. The zero-order chi connectivity index (χ0) is 21.9. The number of halogens is 6. The van der Waals surface area contributed by atoms with E-state index in [1.807, 2.05) is 50.3 Å². The van der Waals surface area contributed by atoms with Gasteiger partial charge in [0.05, 0.1) is 17.2 Å². The molecular formula is C18H16F6NO2PRu+2. The Hall–Kier alpha value is -1.27. The summed E-state index contributed by atoms with van der Waals surface area (Å²) in [5.41, 5.74) is 0.642. The van der Waals surface area contributed by atoms with Crippen molar-refractivity contribution < 1.29 is 54.6 Å². The maximum absolute atomic E-state index is 10.7. The van der Waals surface area contributed by atoms with Crippen LogP contribution in [0.3, 0.4) is 0 Å². The van der Waals surface area contributed by atoms with Crippen LogP contribution in [0, 0.1) is 52.4 Å². The van der Waals surface area contributed by atoms with Gasteiger partial charge in [0.2, 0.25) is 0 Å². The van der Waals surface area contributed by atoms with Crippen LogP contribution in [0.2, 0.25) is 0 Å². The Kier molecular flexibility index (Phi) is 12.2. The number of aromatic carboxylic acids is 1. The van der Waals surface area contributed by atoms with Gasteiger partial charge in [-0.15, -0.1) is 0 Å². The van der Waals surface area contributed by atoms with Crippen LogP contribution in [-0.2, 0) is 19.5 Å². The summed E-state index contributed by atoms with van der Waals surface area (Å²) in [6.45, 7) is 6.50. The van der Waals surface area contributed by atoms with Crippen LogP contribution in [0.1, 0.15) is 10.5 Å². The maximum Gasteiger partial charge on any atom is 4.00 e. The number of pyridine rings is 1. The van der Waals surface area contributed by atoms with E-state index in [4.69, 9.17) is 0 Å². The van der Waals surface area contributed by atoms with Crippen LogP contribution in [0.25, 0.3) is 10.9 Å². The molecule has 0 aliphatic heterocycles. The van der Waals surface area contributed by atoms with Gasteiger partial charge in [0.1, 0.15) is 0 Å². The molecule has 1 aromatic heterocycles. The van der Waals surface area contributed by atoms with Crippen molar-refractivity contribution in [2.75, 3.05) is 0 Å². The van der Waals surface area contributed by atoms with E-state index in [1.54, 1.807) is 12.1 Å². The molecule has 1 heterocycles. The number of hydrogen-bond acceptors (Lipinski definition) is 3. The monoisotopic (exact) mass is 525 g/mol. The standard InChI is InChI=1S/C10H7NO2.C5H5.C3H5.F6P.Ru/c12-10(13)9-6-5-7-3-1-2-4-8(7)11-9;1-2-4-5-3-1;1-3-2;1-7(2,3,4,5)6;/h1-6H,(H,12,13);1-5H;3H,1-2H2;;/q;;;-1;+4/p-1. The summed E-state index contributed by atoms with van der Waals surface area (Å²) in [5.74, 6) is -1.24. The minimum atomic E-state index is -10.7. The van der Waals surface area contributed by atoms with E-state index in [2.05, 4.69) is 18.8 Å². The topological polar surface area (TPSA) is 53.0 Å². The fraction of sp³-hybridized carbons (Fsp3) is 0. The molecule has 0 amide bonds. The van der Waals surface area contributed by atoms with Gasteiger partial charge in [-0.2, -0.15) is 0 Å². The number of para-hydroxylation sites is 1. The predicted octanol–water partition coefficient (Wildman–Crippen LogP) is 5.86. The predicted molar refractivity (Wildman–Crippen MR) is 96.2 cm³/mol. The normalized spacial score (nSPS) is 14.9. The molecule has 0 unspecified atom stereocenters. The number of nitrogens with zero attached hydrogens (tertiary/aromatic N) is 1. The third-order valence-corrected chi connectivity index (χ3v) is 2.36. The van der Waals surface area contributed by atoms with Crippen LogP contribution in [0.4, 0.5) is 25.2 Å². The molecule has 3 rings (SSSR count). The molecule has 0 atom stereocenters. The van der Waals surface area contributed by atoms with Crippen LogP contribution in [0.5, 0.6) is 0 Å². The van der Waals surface area contributed by atoms with Crippen LogP contribution < -0.4 is 5.11 Å². The SMILES string of the molecule is F[P-](F)(F)(F)(F)F.O=C([O-])c1ccc2ccccc2n1.[CH2][CH][CH2].[CH]1[CH][CH][CH][CH]1.[Ru+4]. The van der Waals surface area contributed by atoms with E-state index in [1.165, 1.54) is 12.5 Å². The van der Waals surface area contributed by atoms with E-state index >= 15 is 0 Å². The Bertz CT molecular complexity index is 734. The second-order valence-electron chi connectivity index (χ2n) is 4.89. The van der Waals surface area contributed by atoms with Crippen molar-refractivity contribution in [3.05, 3.63) is 94.5 Å². The number of carboxylic acids is 1. The first-order chi connectivity index (χ1) is 12.6. The summed E-state index contributed by atoms with van der Waals surface area (Å²) >= 11 is 0. The van der Waals surface area contributed by atoms with Gasteiger partial charge in [0.25, 0.3) is 0 Å². The molecule has 11 heteroatoms. The number of rotatable bonds is 1. The summed E-state index contributed by atoms with van der Waals surface area (Å²) in [4.78, 5) is 14.4. The van der Waals surface area contributed by atoms with Gasteiger partial charge in [-0.05, 0) is 64.5 Å². The van der Waals surface area contributed by atoms with E-state index in [-0.39, 0.29) is 25.2 Å². The number of carbonyl (C=O) groups is 1. The van der Waals surface area contributed by atoms with Crippen molar-refractivity contribution in [1.29, 1.82) is 0 Å². The molecule has 0 saturated heterocycles. The zero-order valence-corrected chi connectivity index (χ0v) is 17.3. The minimum absolute atomic E-state index is 0. The van der Waals surface area contributed by atoms with E-state index in [0.29, 0.717) is 5.52 Å². The van der Waals surface area contributed by atoms with Crippen molar-refractivity contribution in [3.8, 4) is 0 Å². The molecule has 3 nitrogen and oxygen atoms in total. The number of benzene rings is 1. The van der Waals surface area contributed by atoms with Crippen molar-refractivity contribution in [2.45, 2.75) is 0 Å². The van der Waals surface area contributed by atoms with Gasteiger partial charge >= 0.3 is 52.5 Å². The summed E-state index contributed by atoms with van der Waals surface area (Å²) in [7, 11) is -10.7. The van der Waals surface area contributed by atoms with Crippen molar-refractivity contribution in [2.24, 2.45) is 0 Å². The number of carboxylic acid groups (broad SMARTS) is 1. The average molecular weight is 524 g/mol. The molecule has 0 spiro atoms. The molecule has 0 bridgehead atoms. The van der Waals surface area contributed by atoms with Gasteiger partial charge in [-0.1, -0.05) is 24.3 Å².